The van der Waals surface area contributed by atoms with Gasteiger partial charge in [0.25, 0.3) is 5.56 Å². The van der Waals surface area contributed by atoms with Crippen molar-refractivity contribution in [3.05, 3.63) is 27.7 Å². The summed E-state index contributed by atoms with van der Waals surface area (Å²) in [7, 11) is 0. The Kier molecular flexibility index (Phi) is 1.85. The number of rotatable bonds is 1. The predicted octanol–water partition coefficient (Wildman–Crippen LogP) is 0.239. The van der Waals surface area contributed by atoms with Crippen LogP contribution in [0.5, 0.6) is 5.88 Å². The number of Topliss-reactive ketones (excluding diaryl/α,β-unsaturated/α-hetero) is 1. The largest absolute Gasteiger partial charge is 0.493 e. The molecule has 0 saturated carbocycles. The molecule has 2 N–H and O–H groups in total. The number of carbonyl (C=O) groups is 1. The van der Waals surface area contributed by atoms with Crippen LogP contribution >= 0.6 is 0 Å². The van der Waals surface area contributed by atoms with Gasteiger partial charge in [-0.25, -0.2) is 0 Å². The summed E-state index contributed by atoms with van der Waals surface area (Å²) in [6.45, 7) is 2.84. The number of hydrogen-bond donors (Lipinski definition) is 2. The van der Waals surface area contributed by atoms with Crippen molar-refractivity contribution in [1.82, 2.24) is 14.6 Å². The Balaban J connectivity index is 2.95. The lowest BCUT2D eigenvalue weighted by molar-refractivity contribution is 0.101. The molecule has 2 heterocycles. The van der Waals surface area contributed by atoms with E-state index in [9.17, 15) is 14.7 Å². The highest BCUT2D eigenvalue weighted by molar-refractivity contribution is 5.99. The van der Waals surface area contributed by atoms with E-state index in [1.54, 1.807) is 0 Å². The third-order valence-electron chi connectivity index (χ3n) is 2.26. The fraction of sp³-hybridized carbons (Fsp3) is 0.222. The second-order valence-electron chi connectivity index (χ2n) is 3.28. The number of aromatic nitrogens is 3. The molecule has 0 fully saturated rings. The molecule has 0 unspecified atom stereocenters. The number of nitrogens with zero attached hydrogens (tertiary/aromatic N) is 2. The van der Waals surface area contributed by atoms with Gasteiger partial charge in [-0.1, -0.05) is 0 Å². The Hall–Kier alpha value is -2.11. The van der Waals surface area contributed by atoms with E-state index in [2.05, 4.69) is 10.1 Å². The van der Waals surface area contributed by atoms with Gasteiger partial charge in [0, 0.05) is 0 Å². The molecule has 0 aliphatic heterocycles. The van der Waals surface area contributed by atoms with Crippen LogP contribution in [0.25, 0.3) is 5.65 Å². The number of aromatic amines is 1. The average Bonchev–Trinajstić information content (AvgIpc) is 2.58. The molecule has 2 aromatic rings. The Morgan fingerprint density at radius 2 is 2.27 bits per heavy atom. The molecular formula is C9H9N3O3. The van der Waals surface area contributed by atoms with Gasteiger partial charge < -0.3 is 10.1 Å². The first-order valence-electron chi connectivity index (χ1n) is 4.33. The first-order valence-corrected chi connectivity index (χ1v) is 4.33. The number of carbonyl (C=O) groups excluding carboxylic acids is 1. The third-order valence-corrected chi connectivity index (χ3v) is 2.26. The number of hydrogen-bond acceptors (Lipinski definition) is 4. The Morgan fingerprint density at radius 3 is 2.87 bits per heavy atom. The first-order chi connectivity index (χ1) is 7.02. The lowest BCUT2D eigenvalue weighted by Crippen LogP contribution is -2.13. The average molecular weight is 207 g/mol. The van der Waals surface area contributed by atoms with Crippen LogP contribution in [0.4, 0.5) is 0 Å². The van der Waals surface area contributed by atoms with Crippen molar-refractivity contribution in [2.45, 2.75) is 13.8 Å². The molecule has 15 heavy (non-hydrogen) atoms. The lowest BCUT2D eigenvalue weighted by atomic mass is 10.2. The van der Waals surface area contributed by atoms with E-state index in [4.69, 9.17) is 0 Å². The summed E-state index contributed by atoms with van der Waals surface area (Å²) in [6.07, 6.45) is 1.31. The Bertz CT molecular complexity index is 609. The smallest absolute Gasteiger partial charge is 0.257 e. The summed E-state index contributed by atoms with van der Waals surface area (Å²) >= 11 is 0. The number of nitrogens with one attached hydrogen (secondary N) is 1. The van der Waals surface area contributed by atoms with Gasteiger partial charge in [-0.2, -0.15) is 9.61 Å². The highest BCUT2D eigenvalue weighted by atomic mass is 16.3. The van der Waals surface area contributed by atoms with Crippen molar-refractivity contribution in [2.24, 2.45) is 0 Å². The van der Waals surface area contributed by atoms with Crippen molar-refractivity contribution in [3.63, 3.8) is 0 Å². The molecule has 0 saturated heterocycles. The first kappa shape index (κ1) is 9.45. The molecule has 0 aliphatic rings. The minimum absolute atomic E-state index is 0.167. The zero-order chi connectivity index (χ0) is 11.2. The molecule has 0 amide bonds. The third kappa shape index (κ3) is 1.22. The highest BCUT2D eigenvalue weighted by Crippen LogP contribution is 2.15. The molecule has 78 valence electrons. The second kappa shape index (κ2) is 2.94. The fourth-order valence-corrected chi connectivity index (χ4v) is 1.35. The summed E-state index contributed by atoms with van der Waals surface area (Å²) in [6, 6.07) is 0. The minimum Gasteiger partial charge on any atom is -0.493 e. The predicted molar refractivity (Wildman–Crippen MR) is 52.2 cm³/mol. The van der Waals surface area contributed by atoms with Crippen LogP contribution in [-0.4, -0.2) is 25.5 Å². The van der Waals surface area contributed by atoms with Crippen LogP contribution in [0.15, 0.2) is 11.0 Å². The van der Waals surface area contributed by atoms with Crippen LogP contribution in [0.3, 0.4) is 0 Å². The maximum Gasteiger partial charge on any atom is 0.257 e. The Morgan fingerprint density at radius 1 is 1.60 bits per heavy atom. The number of ketones is 1. The highest BCUT2D eigenvalue weighted by Gasteiger charge is 2.14. The summed E-state index contributed by atoms with van der Waals surface area (Å²) in [5.41, 5.74) is 0.238. The molecule has 0 aromatic carbocycles. The van der Waals surface area contributed by atoms with Crippen molar-refractivity contribution >= 4 is 11.4 Å². The molecule has 0 spiro atoms. The molecule has 2 rings (SSSR count). The lowest BCUT2D eigenvalue weighted by Gasteiger charge is -2.00. The SMILES string of the molecule is CC(=O)c1cnn2c(O)c(C)c(=O)[nH]c12. The molecule has 6 heteroatoms. The minimum atomic E-state index is -0.428. The summed E-state index contributed by atoms with van der Waals surface area (Å²) in [4.78, 5) is 25.0. The van der Waals surface area contributed by atoms with E-state index in [1.165, 1.54) is 20.0 Å². The summed E-state index contributed by atoms with van der Waals surface area (Å²) < 4.78 is 1.13. The van der Waals surface area contributed by atoms with Crippen LogP contribution < -0.4 is 5.56 Å². The van der Waals surface area contributed by atoms with E-state index < -0.39 is 5.56 Å². The summed E-state index contributed by atoms with van der Waals surface area (Å²) in [5.74, 6) is -0.467. The van der Waals surface area contributed by atoms with Gasteiger partial charge in [-0.05, 0) is 13.8 Å². The van der Waals surface area contributed by atoms with E-state index in [0.717, 1.165) is 4.52 Å². The molecule has 2 aromatic heterocycles. The van der Waals surface area contributed by atoms with E-state index >= 15 is 0 Å². The van der Waals surface area contributed by atoms with Gasteiger partial charge >= 0.3 is 0 Å². The quantitative estimate of drug-likeness (QED) is 0.655. The molecule has 0 aliphatic carbocycles. The van der Waals surface area contributed by atoms with Crippen molar-refractivity contribution < 1.29 is 9.90 Å². The maximum absolute atomic E-state index is 11.4. The van der Waals surface area contributed by atoms with Crippen molar-refractivity contribution in [1.29, 1.82) is 0 Å². The molecule has 0 bridgehead atoms. The summed E-state index contributed by atoms with van der Waals surface area (Å²) in [5, 5.41) is 13.4. The van der Waals surface area contributed by atoms with E-state index in [1.807, 2.05) is 0 Å². The van der Waals surface area contributed by atoms with Gasteiger partial charge in [-0.3, -0.25) is 9.59 Å². The van der Waals surface area contributed by atoms with Gasteiger partial charge in [0.1, 0.15) is 0 Å². The standard InChI is InChI=1S/C9H9N3O3/c1-4-8(14)11-7-6(5(2)13)3-10-12(7)9(4)15/h3,15H,1-2H3,(H,11,14). The molecule has 0 radical (unpaired) electrons. The van der Waals surface area contributed by atoms with Gasteiger partial charge in [0.15, 0.2) is 11.4 Å². The topological polar surface area (TPSA) is 87.5 Å². The zero-order valence-corrected chi connectivity index (χ0v) is 8.24. The second-order valence-corrected chi connectivity index (χ2v) is 3.28. The van der Waals surface area contributed by atoms with Crippen LogP contribution in [0.2, 0.25) is 0 Å². The van der Waals surface area contributed by atoms with Crippen LogP contribution in [-0.2, 0) is 0 Å². The van der Waals surface area contributed by atoms with Crippen LogP contribution in [0, 0.1) is 6.92 Å². The maximum atomic E-state index is 11.4. The number of aromatic hydroxyl groups is 1. The van der Waals surface area contributed by atoms with Gasteiger partial charge in [0.2, 0.25) is 5.88 Å². The normalized spacial score (nSPS) is 10.8. The van der Waals surface area contributed by atoms with Crippen molar-refractivity contribution in [3.8, 4) is 5.88 Å². The molecule has 0 atom stereocenters. The fourth-order valence-electron chi connectivity index (χ4n) is 1.35. The van der Waals surface area contributed by atoms with Gasteiger partial charge in [0.05, 0.1) is 17.3 Å². The Labute approximate surface area is 84.2 Å². The monoisotopic (exact) mass is 207 g/mol. The number of H-pyrrole nitrogens is 1. The van der Waals surface area contributed by atoms with Gasteiger partial charge in [-0.15, -0.1) is 0 Å². The molecule has 6 nitrogen and oxygen atoms in total. The number of fused-ring (bicyclic) bond motifs is 1. The van der Waals surface area contributed by atoms with E-state index in [0.29, 0.717) is 0 Å². The zero-order valence-electron chi connectivity index (χ0n) is 8.24. The van der Waals surface area contributed by atoms with E-state index in [-0.39, 0.29) is 28.4 Å². The van der Waals surface area contributed by atoms with Crippen LogP contribution in [0.1, 0.15) is 22.8 Å². The molecular weight excluding hydrogens is 198 g/mol. The van der Waals surface area contributed by atoms with Crippen molar-refractivity contribution in [2.75, 3.05) is 0 Å².